The summed E-state index contributed by atoms with van der Waals surface area (Å²) >= 11 is 6.13. The summed E-state index contributed by atoms with van der Waals surface area (Å²) in [6, 6.07) is 4.21. The highest BCUT2D eigenvalue weighted by Crippen LogP contribution is 2.61. The molecule has 1 N–H and O–H groups in total. The number of benzene rings is 1. The van der Waals surface area contributed by atoms with Crippen LogP contribution in [0, 0.1) is 35.9 Å². The smallest absolute Gasteiger partial charge is 0.344 e. The van der Waals surface area contributed by atoms with E-state index in [4.69, 9.17) is 20.9 Å². The molecule has 1 aromatic heterocycles. The third-order valence-corrected chi connectivity index (χ3v) is 8.30. The zero-order chi connectivity index (χ0) is 23.3. The Balaban J connectivity index is 1.24. The normalized spacial score (nSPS) is 28.5. The molecule has 4 aliphatic rings. The summed E-state index contributed by atoms with van der Waals surface area (Å²) in [7, 11) is 0. The molecule has 1 heterocycles. The fourth-order valence-electron chi connectivity index (χ4n) is 6.85. The number of amides is 1. The number of carbonyl (C=O) groups is 2. The first-order valence-corrected chi connectivity index (χ1v) is 12.0. The highest BCUT2D eigenvalue weighted by Gasteiger charge is 2.53. The van der Waals surface area contributed by atoms with E-state index >= 15 is 0 Å². The Kier molecular flexibility index (Phi) is 5.71. The lowest BCUT2D eigenvalue weighted by Gasteiger charge is -2.59. The van der Waals surface area contributed by atoms with E-state index in [1.807, 2.05) is 0 Å². The number of halogens is 2. The van der Waals surface area contributed by atoms with Gasteiger partial charge in [0, 0.05) is 6.04 Å². The molecule has 33 heavy (non-hydrogen) atoms. The third kappa shape index (κ3) is 4.05. The van der Waals surface area contributed by atoms with Crippen LogP contribution in [-0.2, 0) is 9.53 Å². The van der Waals surface area contributed by atoms with E-state index < -0.39 is 18.4 Å². The average Bonchev–Trinajstić information content (AvgIpc) is 3.12. The van der Waals surface area contributed by atoms with Crippen LogP contribution in [0.3, 0.4) is 0 Å². The molecule has 1 aromatic carbocycles. The van der Waals surface area contributed by atoms with Gasteiger partial charge in [-0.05, 0) is 87.7 Å². The number of hydrogen-bond acceptors (Lipinski definition) is 5. The van der Waals surface area contributed by atoms with E-state index in [-0.39, 0.29) is 45.0 Å². The Morgan fingerprint density at radius 2 is 1.88 bits per heavy atom. The molecule has 1 atom stereocenters. The van der Waals surface area contributed by atoms with Crippen molar-refractivity contribution in [3.8, 4) is 11.3 Å². The Hall–Kier alpha value is -2.41. The quantitative estimate of drug-likeness (QED) is 0.573. The molecular weight excluding hydrogens is 447 g/mol. The van der Waals surface area contributed by atoms with E-state index in [1.54, 1.807) is 0 Å². The Morgan fingerprint density at radius 1 is 1.24 bits per heavy atom. The molecule has 1 unspecified atom stereocenters. The summed E-state index contributed by atoms with van der Waals surface area (Å²) in [6.45, 7) is 3.18. The largest absolute Gasteiger partial charge is 0.452 e. The van der Waals surface area contributed by atoms with Gasteiger partial charge in [-0.15, -0.1) is 0 Å². The molecule has 4 saturated carbocycles. The van der Waals surface area contributed by atoms with Crippen molar-refractivity contribution in [1.29, 1.82) is 0 Å². The van der Waals surface area contributed by atoms with Crippen LogP contribution >= 0.6 is 11.6 Å². The molecule has 0 aliphatic heterocycles. The van der Waals surface area contributed by atoms with Crippen molar-refractivity contribution in [2.45, 2.75) is 58.4 Å². The summed E-state index contributed by atoms with van der Waals surface area (Å²) in [5, 5.41) is 6.99. The second-order valence-electron chi connectivity index (χ2n) is 10.2. The van der Waals surface area contributed by atoms with E-state index in [0.717, 1.165) is 17.8 Å². The van der Waals surface area contributed by atoms with Crippen molar-refractivity contribution < 1.29 is 23.2 Å². The van der Waals surface area contributed by atoms with E-state index in [0.29, 0.717) is 0 Å². The number of esters is 1. The molecule has 6 rings (SSSR count). The zero-order valence-corrected chi connectivity index (χ0v) is 19.6. The third-order valence-electron chi connectivity index (χ3n) is 7.98. The average molecular weight is 475 g/mol. The van der Waals surface area contributed by atoms with E-state index in [2.05, 4.69) is 17.4 Å². The van der Waals surface area contributed by atoms with Crippen LogP contribution < -0.4 is 5.32 Å². The molecule has 4 aliphatic carbocycles. The molecule has 176 valence electrons. The number of rotatable bonds is 6. The van der Waals surface area contributed by atoms with Crippen molar-refractivity contribution in [3.05, 3.63) is 40.4 Å². The lowest BCUT2D eigenvalue weighted by atomic mass is 9.48. The van der Waals surface area contributed by atoms with Gasteiger partial charge in [-0.25, -0.2) is 9.18 Å². The Labute approximate surface area is 197 Å². The maximum Gasteiger partial charge on any atom is 0.344 e. The van der Waals surface area contributed by atoms with E-state index in [1.165, 1.54) is 63.6 Å². The van der Waals surface area contributed by atoms with Gasteiger partial charge in [-0.1, -0.05) is 22.8 Å². The molecule has 0 radical (unpaired) electrons. The highest BCUT2D eigenvalue weighted by molar-refractivity contribution is 6.33. The number of aromatic nitrogens is 1. The maximum absolute atomic E-state index is 14.4. The maximum atomic E-state index is 14.4. The first kappa shape index (κ1) is 22.4. The van der Waals surface area contributed by atoms with Gasteiger partial charge in [-0.2, -0.15) is 0 Å². The summed E-state index contributed by atoms with van der Waals surface area (Å²) in [5.74, 6) is 0.742. The minimum absolute atomic E-state index is 0.0298. The molecule has 1 amide bonds. The second kappa shape index (κ2) is 8.42. The molecule has 4 fully saturated rings. The minimum Gasteiger partial charge on any atom is -0.452 e. The first-order chi connectivity index (χ1) is 15.8. The molecule has 8 heteroatoms. The van der Waals surface area contributed by atoms with Gasteiger partial charge in [0.25, 0.3) is 5.91 Å². The zero-order valence-electron chi connectivity index (χ0n) is 18.8. The SMILES string of the molecule is Cc1onc(-c2c(F)cccc2Cl)c1C(=O)OCC(=O)NC(C)C12CC3CC(CC(C3)C1)C2. The van der Waals surface area contributed by atoms with Crippen LogP contribution in [0.4, 0.5) is 4.39 Å². The van der Waals surface area contributed by atoms with Gasteiger partial charge in [0.1, 0.15) is 22.8 Å². The number of aryl methyl sites for hydroxylation is 1. The van der Waals surface area contributed by atoms with Gasteiger partial charge in [0.05, 0.1) is 10.6 Å². The number of ether oxygens (including phenoxy) is 1. The van der Waals surface area contributed by atoms with Crippen LogP contribution in [-0.4, -0.2) is 29.7 Å². The second-order valence-corrected chi connectivity index (χ2v) is 10.6. The summed E-state index contributed by atoms with van der Waals surface area (Å²) in [5.41, 5.74) is 0.0450. The van der Waals surface area contributed by atoms with Crippen LogP contribution in [0.25, 0.3) is 11.3 Å². The fourth-order valence-corrected chi connectivity index (χ4v) is 7.11. The van der Waals surface area contributed by atoms with Crippen molar-refractivity contribution in [1.82, 2.24) is 10.5 Å². The molecule has 0 saturated heterocycles. The first-order valence-electron chi connectivity index (χ1n) is 11.6. The Morgan fingerprint density at radius 3 is 2.48 bits per heavy atom. The lowest BCUT2D eigenvalue weighted by Crippen LogP contribution is -2.56. The van der Waals surface area contributed by atoms with Crippen LogP contribution in [0.2, 0.25) is 5.02 Å². The molecule has 2 aromatic rings. The number of hydrogen-bond donors (Lipinski definition) is 1. The highest BCUT2D eigenvalue weighted by atomic mass is 35.5. The number of carbonyl (C=O) groups excluding carboxylic acids is 2. The fraction of sp³-hybridized carbons (Fsp3) is 0.560. The summed E-state index contributed by atoms with van der Waals surface area (Å²) < 4.78 is 24.8. The molecular formula is C25H28ClFN2O4. The van der Waals surface area contributed by atoms with Crippen molar-refractivity contribution in [2.24, 2.45) is 23.2 Å². The van der Waals surface area contributed by atoms with Crippen molar-refractivity contribution in [2.75, 3.05) is 6.61 Å². The molecule has 6 nitrogen and oxygen atoms in total. The lowest BCUT2D eigenvalue weighted by molar-refractivity contribution is -0.128. The molecule has 0 spiro atoms. The predicted octanol–water partition coefficient (Wildman–Crippen LogP) is 5.32. The van der Waals surface area contributed by atoms with Gasteiger partial charge >= 0.3 is 5.97 Å². The van der Waals surface area contributed by atoms with Gasteiger partial charge in [0.2, 0.25) is 0 Å². The topological polar surface area (TPSA) is 81.4 Å². The van der Waals surface area contributed by atoms with Gasteiger partial charge in [-0.3, -0.25) is 4.79 Å². The monoisotopic (exact) mass is 474 g/mol. The van der Waals surface area contributed by atoms with Crippen LogP contribution in [0.15, 0.2) is 22.7 Å². The number of nitrogens with zero attached hydrogens (tertiary/aromatic N) is 1. The minimum atomic E-state index is -0.805. The van der Waals surface area contributed by atoms with Crippen LogP contribution in [0.5, 0.6) is 0 Å². The standard InChI is InChI=1S/C25H28ClFN2O4/c1-13-21(23(29-33-13)22-18(26)4-3-5-19(22)27)24(31)32-12-20(30)28-14(2)25-9-15-6-16(10-25)8-17(7-15)11-25/h3-5,14-17H,6-12H2,1-2H3,(H,28,30). The predicted molar refractivity (Wildman–Crippen MR) is 120 cm³/mol. The van der Waals surface area contributed by atoms with Crippen molar-refractivity contribution in [3.63, 3.8) is 0 Å². The Bertz CT molecular complexity index is 1040. The van der Waals surface area contributed by atoms with Gasteiger partial charge in [0.15, 0.2) is 6.61 Å². The van der Waals surface area contributed by atoms with Crippen molar-refractivity contribution >= 4 is 23.5 Å². The van der Waals surface area contributed by atoms with E-state index in [9.17, 15) is 14.0 Å². The van der Waals surface area contributed by atoms with Gasteiger partial charge < -0.3 is 14.6 Å². The van der Waals surface area contributed by atoms with Crippen LogP contribution in [0.1, 0.15) is 61.6 Å². The molecule has 4 bridgehead atoms. The number of nitrogens with one attached hydrogen (secondary N) is 1. The summed E-state index contributed by atoms with van der Waals surface area (Å²) in [4.78, 5) is 25.4. The summed E-state index contributed by atoms with van der Waals surface area (Å²) in [6.07, 6.45) is 7.53.